The molecule has 1 heterocycles. The van der Waals surface area contributed by atoms with Gasteiger partial charge in [0.25, 0.3) is 0 Å². The van der Waals surface area contributed by atoms with Crippen LogP contribution in [0.15, 0.2) is 4.99 Å². The fourth-order valence-corrected chi connectivity index (χ4v) is 1.81. The molecule has 1 aliphatic rings. The van der Waals surface area contributed by atoms with Crippen LogP contribution in [-0.4, -0.2) is 58.2 Å². The lowest BCUT2D eigenvalue weighted by Crippen LogP contribution is -2.40. The van der Waals surface area contributed by atoms with Crippen LogP contribution in [0.5, 0.6) is 0 Å². The number of nitrogens with zero attached hydrogens (tertiary/aromatic N) is 1. The van der Waals surface area contributed by atoms with E-state index in [2.05, 4.69) is 10.3 Å². The molecule has 0 spiro atoms. The van der Waals surface area contributed by atoms with Crippen LogP contribution < -0.4 is 11.1 Å². The molecule has 2 unspecified atom stereocenters. The number of guanidine groups is 1. The molecule has 0 radical (unpaired) electrons. The highest BCUT2D eigenvalue weighted by atomic mass is 127. The van der Waals surface area contributed by atoms with Gasteiger partial charge in [0.05, 0.1) is 32.5 Å². The van der Waals surface area contributed by atoms with Crippen molar-refractivity contribution in [2.24, 2.45) is 10.7 Å². The molecule has 0 amide bonds. The number of aliphatic imine (C=N–C) groups is 1. The normalized spacial score (nSPS) is 20.9. The van der Waals surface area contributed by atoms with Crippen molar-refractivity contribution in [3.05, 3.63) is 0 Å². The monoisotopic (exact) mass is 387 g/mol. The van der Waals surface area contributed by atoms with Crippen molar-refractivity contribution in [3.8, 4) is 0 Å². The fraction of sp³-hybridized carbons (Fsp3) is 0.917. The third-order valence-corrected chi connectivity index (χ3v) is 2.66. The van der Waals surface area contributed by atoms with Crippen LogP contribution >= 0.6 is 24.0 Å². The maximum Gasteiger partial charge on any atom is 0.188 e. The van der Waals surface area contributed by atoms with Crippen LogP contribution in [0, 0.1) is 0 Å². The minimum absolute atomic E-state index is 0. The predicted octanol–water partition coefficient (Wildman–Crippen LogP) is 0.739. The number of rotatable bonds is 8. The molecule has 1 fully saturated rings. The molecule has 1 rings (SSSR count). The molecule has 114 valence electrons. The van der Waals surface area contributed by atoms with E-state index in [-0.39, 0.29) is 36.1 Å². The topological polar surface area (TPSA) is 78.1 Å². The van der Waals surface area contributed by atoms with Gasteiger partial charge in [0.1, 0.15) is 0 Å². The van der Waals surface area contributed by atoms with Gasteiger partial charge in [-0.25, -0.2) is 0 Å². The first-order chi connectivity index (χ1) is 8.72. The summed E-state index contributed by atoms with van der Waals surface area (Å²) in [4.78, 5) is 4.17. The number of methoxy groups -OCH3 is 1. The Hall–Kier alpha value is -0.120. The minimum atomic E-state index is 0. The molecule has 19 heavy (non-hydrogen) atoms. The minimum Gasteiger partial charge on any atom is -0.383 e. The highest BCUT2D eigenvalue weighted by Crippen LogP contribution is 2.11. The molecule has 0 aromatic rings. The molecule has 6 nitrogen and oxygen atoms in total. The van der Waals surface area contributed by atoms with Crippen molar-refractivity contribution < 1.29 is 14.2 Å². The number of nitrogens with two attached hydrogens (primary N) is 1. The largest absolute Gasteiger partial charge is 0.383 e. The first-order valence-corrected chi connectivity index (χ1v) is 6.47. The van der Waals surface area contributed by atoms with E-state index in [1.807, 2.05) is 6.92 Å². The Kier molecular flexibility index (Phi) is 11.6. The number of hydrogen-bond acceptors (Lipinski definition) is 4. The van der Waals surface area contributed by atoms with Crippen molar-refractivity contribution in [1.82, 2.24) is 5.32 Å². The van der Waals surface area contributed by atoms with Crippen molar-refractivity contribution in [3.63, 3.8) is 0 Å². The zero-order valence-electron chi connectivity index (χ0n) is 11.8. The third-order valence-electron chi connectivity index (χ3n) is 2.66. The van der Waals surface area contributed by atoms with Gasteiger partial charge in [-0.15, -0.1) is 24.0 Å². The Morgan fingerprint density at radius 2 is 2.37 bits per heavy atom. The van der Waals surface area contributed by atoms with Crippen LogP contribution in [0.2, 0.25) is 0 Å². The summed E-state index contributed by atoms with van der Waals surface area (Å²) >= 11 is 0. The summed E-state index contributed by atoms with van der Waals surface area (Å²) in [5, 5.41) is 3.04. The van der Waals surface area contributed by atoms with Gasteiger partial charge in [0.15, 0.2) is 5.96 Å². The summed E-state index contributed by atoms with van der Waals surface area (Å²) < 4.78 is 15.9. The van der Waals surface area contributed by atoms with Crippen molar-refractivity contribution in [2.75, 3.05) is 40.1 Å². The molecule has 0 aromatic carbocycles. The summed E-state index contributed by atoms with van der Waals surface area (Å²) in [5.74, 6) is 0.431. The highest BCUT2D eigenvalue weighted by Gasteiger charge is 2.14. The summed E-state index contributed by atoms with van der Waals surface area (Å²) in [6.07, 6.45) is 2.51. The molecule has 3 N–H and O–H groups in total. The molecule has 0 aliphatic carbocycles. The summed E-state index contributed by atoms with van der Waals surface area (Å²) in [5.41, 5.74) is 5.71. The quantitative estimate of drug-likeness (QED) is 0.278. The van der Waals surface area contributed by atoms with E-state index in [0.717, 1.165) is 19.4 Å². The Bertz CT molecular complexity index is 248. The molecule has 0 aromatic heterocycles. The average Bonchev–Trinajstić information content (AvgIpc) is 2.81. The second-order valence-electron chi connectivity index (χ2n) is 4.48. The van der Waals surface area contributed by atoms with Crippen LogP contribution in [0.3, 0.4) is 0 Å². The molecular formula is C12H26IN3O3. The van der Waals surface area contributed by atoms with E-state index < -0.39 is 0 Å². The van der Waals surface area contributed by atoms with Crippen LogP contribution in [0.4, 0.5) is 0 Å². The smallest absolute Gasteiger partial charge is 0.188 e. The van der Waals surface area contributed by atoms with Gasteiger partial charge in [-0.3, -0.25) is 4.99 Å². The molecule has 0 bridgehead atoms. The summed E-state index contributed by atoms with van der Waals surface area (Å²) in [6, 6.07) is 0.159. The number of nitrogens with one attached hydrogen (secondary N) is 1. The van der Waals surface area contributed by atoms with E-state index >= 15 is 0 Å². The fourth-order valence-electron chi connectivity index (χ4n) is 1.81. The van der Waals surface area contributed by atoms with Crippen LogP contribution in [0.1, 0.15) is 19.8 Å². The van der Waals surface area contributed by atoms with E-state index in [1.165, 1.54) is 0 Å². The van der Waals surface area contributed by atoms with E-state index in [9.17, 15) is 0 Å². The number of halogens is 1. The van der Waals surface area contributed by atoms with Crippen molar-refractivity contribution in [2.45, 2.75) is 31.9 Å². The molecule has 2 atom stereocenters. The zero-order valence-corrected chi connectivity index (χ0v) is 14.1. The maximum absolute atomic E-state index is 5.71. The molecule has 0 saturated carbocycles. The lowest BCUT2D eigenvalue weighted by atomic mass is 10.2. The van der Waals surface area contributed by atoms with Crippen molar-refractivity contribution in [1.29, 1.82) is 0 Å². The lowest BCUT2D eigenvalue weighted by molar-refractivity contribution is 0.0200. The van der Waals surface area contributed by atoms with Gasteiger partial charge >= 0.3 is 0 Å². The zero-order chi connectivity index (χ0) is 13.2. The molecule has 1 aliphatic heterocycles. The van der Waals surface area contributed by atoms with Gasteiger partial charge in [0, 0.05) is 19.8 Å². The number of ether oxygens (including phenoxy) is 3. The Labute approximate surface area is 132 Å². The standard InChI is InChI=1S/C12H25N3O3.HI/c1-10(8-16-2)15-12(13)14-5-7-17-9-11-4-3-6-18-11;/h10-11H,3-9H2,1-2H3,(H3,13,14,15);1H. The first kappa shape index (κ1) is 18.9. The van der Waals surface area contributed by atoms with E-state index in [1.54, 1.807) is 7.11 Å². The lowest BCUT2D eigenvalue weighted by Gasteiger charge is -2.13. The van der Waals surface area contributed by atoms with E-state index in [4.69, 9.17) is 19.9 Å². The van der Waals surface area contributed by atoms with Crippen LogP contribution in [0.25, 0.3) is 0 Å². The molecule has 1 saturated heterocycles. The molecule has 7 heteroatoms. The summed E-state index contributed by atoms with van der Waals surface area (Å²) in [6.45, 7) is 5.24. The SMILES string of the molecule is COCC(C)NC(N)=NCCOCC1CCCO1.I. The second-order valence-corrected chi connectivity index (χ2v) is 4.48. The highest BCUT2D eigenvalue weighted by molar-refractivity contribution is 14.0. The van der Waals surface area contributed by atoms with Gasteiger partial charge in [-0.05, 0) is 19.8 Å². The van der Waals surface area contributed by atoms with Crippen molar-refractivity contribution >= 4 is 29.9 Å². The first-order valence-electron chi connectivity index (χ1n) is 6.47. The third kappa shape index (κ3) is 9.42. The Morgan fingerprint density at radius 1 is 1.58 bits per heavy atom. The predicted molar refractivity (Wildman–Crippen MR) is 86.2 cm³/mol. The Morgan fingerprint density at radius 3 is 3.00 bits per heavy atom. The maximum atomic E-state index is 5.71. The van der Waals surface area contributed by atoms with Gasteiger partial charge < -0.3 is 25.3 Å². The van der Waals surface area contributed by atoms with Gasteiger partial charge in [-0.2, -0.15) is 0 Å². The molecular weight excluding hydrogens is 361 g/mol. The average molecular weight is 387 g/mol. The van der Waals surface area contributed by atoms with Crippen LogP contribution in [-0.2, 0) is 14.2 Å². The second kappa shape index (κ2) is 11.7. The van der Waals surface area contributed by atoms with Gasteiger partial charge in [-0.1, -0.05) is 0 Å². The summed E-state index contributed by atoms with van der Waals surface area (Å²) in [7, 11) is 1.66. The van der Waals surface area contributed by atoms with E-state index in [0.29, 0.717) is 32.3 Å². The van der Waals surface area contributed by atoms with Gasteiger partial charge in [0.2, 0.25) is 0 Å². The Balaban J connectivity index is 0.00000324. The number of hydrogen-bond donors (Lipinski definition) is 2.